The SMILES string of the molecule is CC1(c2ccc(-c3ccccc3)cc2)C=C(c2ccc(-c3ccccc3)cc2)n2ncnc2N1. The van der Waals surface area contributed by atoms with Gasteiger partial charge in [-0.05, 0) is 40.8 Å². The Morgan fingerprint density at radius 2 is 1.12 bits per heavy atom. The van der Waals surface area contributed by atoms with Gasteiger partial charge in [0.25, 0.3) is 0 Å². The van der Waals surface area contributed by atoms with Crippen molar-refractivity contribution in [2.75, 3.05) is 5.32 Å². The Balaban J connectivity index is 1.38. The number of nitrogens with zero attached hydrogens (tertiary/aromatic N) is 3. The second-order valence-electron chi connectivity index (χ2n) is 8.74. The predicted octanol–water partition coefficient (Wildman–Crippen LogP) is 6.84. The van der Waals surface area contributed by atoms with Crippen molar-refractivity contribution >= 4 is 11.6 Å². The third-order valence-corrected chi connectivity index (χ3v) is 6.45. The molecule has 4 aromatic carbocycles. The van der Waals surface area contributed by atoms with Crippen LogP contribution in [0.15, 0.2) is 122 Å². The fourth-order valence-electron chi connectivity index (χ4n) is 4.57. The van der Waals surface area contributed by atoms with Crippen molar-refractivity contribution in [3.8, 4) is 22.3 Å². The number of benzene rings is 4. The molecule has 1 atom stereocenters. The van der Waals surface area contributed by atoms with Crippen LogP contribution in [-0.4, -0.2) is 14.8 Å². The van der Waals surface area contributed by atoms with Crippen LogP contribution in [0.2, 0.25) is 0 Å². The summed E-state index contributed by atoms with van der Waals surface area (Å²) in [5.74, 6) is 0.735. The molecule has 1 unspecified atom stereocenters. The lowest BCUT2D eigenvalue weighted by atomic mass is 9.87. The first kappa shape index (κ1) is 20.2. The highest BCUT2D eigenvalue weighted by atomic mass is 15.4. The maximum Gasteiger partial charge on any atom is 0.226 e. The zero-order valence-electron chi connectivity index (χ0n) is 18.9. The second kappa shape index (κ2) is 8.16. The quantitative estimate of drug-likeness (QED) is 0.333. The summed E-state index contributed by atoms with van der Waals surface area (Å²) in [6.07, 6.45) is 3.84. The Kier molecular flexibility index (Phi) is 4.84. The van der Waals surface area contributed by atoms with Crippen molar-refractivity contribution in [1.82, 2.24) is 14.8 Å². The topological polar surface area (TPSA) is 42.7 Å². The van der Waals surface area contributed by atoms with E-state index >= 15 is 0 Å². The highest BCUT2D eigenvalue weighted by Crippen LogP contribution is 2.37. The van der Waals surface area contributed by atoms with Gasteiger partial charge in [0.1, 0.15) is 6.33 Å². The molecule has 1 aliphatic rings. The molecule has 6 rings (SSSR count). The molecule has 2 heterocycles. The van der Waals surface area contributed by atoms with Crippen LogP contribution in [0.3, 0.4) is 0 Å². The maximum atomic E-state index is 4.48. The molecule has 1 aromatic heterocycles. The van der Waals surface area contributed by atoms with Crippen molar-refractivity contribution in [2.24, 2.45) is 0 Å². The summed E-state index contributed by atoms with van der Waals surface area (Å²) in [7, 11) is 0. The van der Waals surface area contributed by atoms with E-state index in [1.165, 1.54) is 27.8 Å². The average molecular weight is 441 g/mol. The van der Waals surface area contributed by atoms with Gasteiger partial charge in [-0.25, -0.2) is 0 Å². The van der Waals surface area contributed by atoms with Crippen LogP contribution in [0, 0.1) is 0 Å². The molecule has 0 spiro atoms. The smallest absolute Gasteiger partial charge is 0.226 e. The summed E-state index contributed by atoms with van der Waals surface area (Å²) in [4.78, 5) is 4.48. The van der Waals surface area contributed by atoms with Crippen molar-refractivity contribution in [1.29, 1.82) is 0 Å². The molecule has 1 aliphatic heterocycles. The zero-order chi connectivity index (χ0) is 23.0. The van der Waals surface area contributed by atoms with Gasteiger partial charge in [-0.3, -0.25) is 0 Å². The second-order valence-corrected chi connectivity index (χ2v) is 8.74. The van der Waals surface area contributed by atoms with E-state index in [0.717, 1.165) is 17.2 Å². The first-order valence-electron chi connectivity index (χ1n) is 11.4. The summed E-state index contributed by atoms with van der Waals surface area (Å²) in [5, 5.41) is 8.06. The first-order chi connectivity index (χ1) is 16.7. The molecule has 5 aromatic rings. The molecule has 164 valence electrons. The van der Waals surface area contributed by atoms with E-state index in [-0.39, 0.29) is 0 Å². The molecule has 4 heteroatoms. The third-order valence-electron chi connectivity index (χ3n) is 6.45. The van der Waals surface area contributed by atoms with Gasteiger partial charge in [0.05, 0.1) is 11.2 Å². The van der Waals surface area contributed by atoms with Crippen molar-refractivity contribution in [2.45, 2.75) is 12.5 Å². The standard InChI is InChI=1S/C30H24N4/c1-30(27-18-16-25(17-19-27)23-10-6-3-7-11-23)20-28(34-29(33-30)31-21-32-34)26-14-12-24(13-15-26)22-8-4-2-5-9-22/h2-21H,1H3,(H,31,32,33). The summed E-state index contributed by atoms with van der Waals surface area (Å²) < 4.78 is 1.87. The fraction of sp³-hybridized carbons (Fsp3) is 0.0667. The molecule has 0 fully saturated rings. The summed E-state index contributed by atoms with van der Waals surface area (Å²) in [5.41, 5.74) is 7.67. The Hall–Kier alpha value is -4.44. The lowest BCUT2D eigenvalue weighted by molar-refractivity contribution is 0.650. The van der Waals surface area contributed by atoms with E-state index in [0.29, 0.717) is 0 Å². The normalized spacial score (nSPS) is 16.9. The van der Waals surface area contributed by atoms with Crippen LogP contribution in [0.1, 0.15) is 18.1 Å². The number of aromatic nitrogens is 3. The number of fused-ring (bicyclic) bond motifs is 1. The van der Waals surface area contributed by atoms with E-state index in [1.807, 2.05) is 16.8 Å². The van der Waals surface area contributed by atoms with Gasteiger partial charge in [-0.1, -0.05) is 109 Å². The molecule has 0 amide bonds. The highest BCUT2D eigenvalue weighted by Gasteiger charge is 2.32. The van der Waals surface area contributed by atoms with Crippen LogP contribution >= 0.6 is 0 Å². The molecular weight excluding hydrogens is 416 g/mol. The minimum atomic E-state index is -0.425. The predicted molar refractivity (Wildman–Crippen MR) is 138 cm³/mol. The molecule has 1 N–H and O–H groups in total. The lowest BCUT2D eigenvalue weighted by Gasteiger charge is -2.34. The van der Waals surface area contributed by atoms with Crippen molar-refractivity contribution in [3.63, 3.8) is 0 Å². The van der Waals surface area contributed by atoms with Crippen molar-refractivity contribution in [3.05, 3.63) is 133 Å². The van der Waals surface area contributed by atoms with Gasteiger partial charge in [-0.15, -0.1) is 0 Å². The molecular formula is C30H24N4. The average Bonchev–Trinajstić information content (AvgIpc) is 3.38. The highest BCUT2D eigenvalue weighted by molar-refractivity contribution is 5.75. The fourth-order valence-corrected chi connectivity index (χ4v) is 4.57. The Morgan fingerprint density at radius 3 is 1.71 bits per heavy atom. The minimum absolute atomic E-state index is 0.425. The minimum Gasteiger partial charge on any atom is -0.341 e. The summed E-state index contributed by atoms with van der Waals surface area (Å²) in [6, 6.07) is 38.2. The largest absolute Gasteiger partial charge is 0.341 e. The van der Waals surface area contributed by atoms with E-state index in [2.05, 4.69) is 125 Å². The zero-order valence-corrected chi connectivity index (χ0v) is 18.9. The molecule has 0 bridgehead atoms. The Bertz CT molecular complexity index is 1450. The first-order valence-corrected chi connectivity index (χ1v) is 11.4. The number of hydrogen-bond acceptors (Lipinski definition) is 3. The van der Waals surface area contributed by atoms with Crippen LogP contribution in [0.5, 0.6) is 0 Å². The van der Waals surface area contributed by atoms with Gasteiger partial charge in [0, 0.05) is 5.56 Å². The van der Waals surface area contributed by atoms with Crippen LogP contribution < -0.4 is 5.32 Å². The maximum absolute atomic E-state index is 4.48. The monoisotopic (exact) mass is 440 g/mol. The van der Waals surface area contributed by atoms with E-state index in [4.69, 9.17) is 0 Å². The number of nitrogens with one attached hydrogen (secondary N) is 1. The van der Waals surface area contributed by atoms with Gasteiger partial charge < -0.3 is 5.32 Å². The molecule has 0 aliphatic carbocycles. The van der Waals surface area contributed by atoms with Crippen molar-refractivity contribution < 1.29 is 0 Å². The molecule has 34 heavy (non-hydrogen) atoms. The third kappa shape index (κ3) is 3.59. The van der Waals surface area contributed by atoms with Gasteiger partial charge in [0.15, 0.2) is 0 Å². The molecule has 0 saturated carbocycles. The Morgan fingerprint density at radius 1 is 0.618 bits per heavy atom. The molecule has 0 saturated heterocycles. The van der Waals surface area contributed by atoms with Gasteiger partial charge in [-0.2, -0.15) is 14.8 Å². The molecule has 0 radical (unpaired) electrons. The van der Waals surface area contributed by atoms with Crippen LogP contribution in [0.25, 0.3) is 28.0 Å². The van der Waals surface area contributed by atoms with Crippen LogP contribution in [-0.2, 0) is 5.54 Å². The van der Waals surface area contributed by atoms with Crippen LogP contribution in [0.4, 0.5) is 5.95 Å². The van der Waals surface area contributed by atoms with Gasteiger partial charge in [0.2, 0.25) is 5.95 Å². The molecule has 4 nitrogen and oxygen atoms in total. The van der Waals surface area contributed by atoms with E-state index in [9.17, 15) is 0 Å². The Labute approximate surface area is 199 Å². The van der Waals surface area contributed by atoms with Gasteiger partial charge >= 0.3 is 0 Å². The number of anilines is 1. The summed E-state index contributed by atoms with van der Waals surface area (Å²) >= 11 is 0. The lowest BCUT2D eigenvalue weighted by Crippen LogP contribution is -2.35. The van der Waals surface area contributed by atoms with E-state index in [1.54, 1.807) is 6.33 Å². The number of rotatable bonds is 4. The summed E-state index contributed by atoms with van der Waals surface area (Å²) in [6.45, 7) is 2.18. The number of hydrogen-bond donors (Lipinski definition) is 1. The van der Waals surface area contributed by atoms with E-state index < -0.39 is 5.54 Å².